The number of nitrogens with one attached hydrogen (secondary N) is 1. The zero-order valence-corrected chi connectivity index (χ0v) is 29.9. The van der Waals surface area contributed by atoms with Crippen LogP contribution in [0, 0.1) is 5.92 Å². The lowest BCUT2D eigenvalue weighted by Gasteiger charge is -2.38. The lowest BCUT2D eigenvalue weighted by atomic mass is 9.82. The van der Waals surface area contributed by atoms with Crippen molar-refractivity contribution in [2.24, 2.45) is 5.92 Å². The molecule has 0 saturated heterocycles. The first-order valence-electron chi connectivity index (χ1n) is 18.2. The van der Waals surface area contributed by atoms with E-state index in [0.29, 0.717) is 12.0 Å². The van der Waals surface area contributed by atoms with E-state index >= 15 is 0 Å². The first-order chi connectivity index (χ1) is 24.3. The Morgan fingerprint density at radius 2 is 1.40 bits per heavy atom. The Labute approximate surface area is 297 Å². The summed E-state index contributed by atoms with van der Waals surface area (Å²) in [5.41, 5.74) is 15.3. The van der Waals surface area contributed by atoms with Gasteiger partial charge in [0.2, 0.25) is 0 Å². The van der Waals surface area contributed by atoms with Crippen LogP contribution in [0.2, 0.25) is 0 Å². The highest BCUT2D eigenvalue weighted by Crippen LogP contribution is 2.50. The molecule has 50 heavy (non-hydrogen) atoms. The summed E-state index contributed by atoms with van der Waals surface area (Å²) >= 11 is 0. The minimum Gasteiger partial charge on any atom is -0.355 e. The van der Waals surface area contributed by atoms with Gasteiger partial charge in [-0.15, -0.1) is 0 Å². The molecule has 0 radical (unpaired) electrons. The van der Waals surface area contributed by atoms with E-state index in [1.807, 2.05) is 0 Å². The summed E-state index contributed by atoms with van der Waals surface area (Å²) < 4.78 is 0. The molecule has 2 nitrogen and oxygen atoms in total. The maximum Gasteiger partial charge on any atom is 0.0493 e. The number of hydrogen-bond donors (Lipinski definition) is 1. The maximum atomic E-state index is 3.72. The summed E-state index contributed by atoms with van der Waals surface area (Å²) in [4.78, 5) is 2.55. The van der Waals surface area contributed by atoms with Crippen molar-refractivity contribution in [1.29, 1.82) is 0 Å². The number of benzene rings is 6. The summed E-state index contributed by atoms with van der Waals surface area (Å²) in [6.07, 6.45) is 11.4. The highest BCUT2D eigenvalue weighted by Gasteiger charge is 2.35. The number of aryl methyl sites for hydroxylation is 1. The van der Waals surface area contributed by atoms with Gasteiger partial charge in [-0.05, 0) is 106 Å². The van der Waals surface area contributed by atoms with Crippen molar-refractivity contribution in [2.75, 3.05) is 10.2 Å². The lowest BCUT2D eigenvalue weighted by Crippen LogP contribution is -2.33. The number of anilines is 4. The molecule has 8 rings (SSSR count). The molecule has 0 saturated carbocycles. The largest absolute Gasteiger partial charge is 0.355 e. The monoisotopic (exact) mass is 650 g/mol. The first kappa shape index (κ1) is 31.9. The minimum absolute atomic E-state index is 0.112. The molecule has 248 valence electrons. The van der Waals surface area contributed by atoms with Crippen molar-refractivity contribution < 1.29 is 0 Å². The average Bonchev–Trinajstić information content (AvgIpc) is 3.35. The number of fused-ring (bicyclic) bond motifs is 5. The molecular weight excluding hydrogens is 605 g/mol. The molecule has 0 fully saturated rings. The van der Waals surface area contributed by atoms with Gasteiger partial charge in [0.25, 0.3) is 0 Å². The fraction of sp³-hybridized carbons (Fsp3) is 0.208. The quantitative estimate of drug-likeness (QED) is 0.173. The number of rotatable bonds is 7. The highest BCUT2D eigenvalue weighted by molar-refractivity contribution is 6.02. The van der Waals surface area contributed by atoms with Gasteiger partial charge >= 0.3 is 0 Å². The first-order valence-corrected chi connectivity index (χ1v) is 18.2. The van der Waals surface area contributed by atoms with E-state index in [4.69, 9.17) is 0 Å². The normalized spacial score (nSPS) is 16.3. The molecule has 6 aromatic carbocycles. The van der Waals surface area contributed by atoms with Gasteiger partial charge in [0, 0.05) is 39.6 Å². The van der Waals surface area contributed by atoms with Crippen LogP contribution in [0.5, 0.6) is 0 Å². The Bertz CT molecular complexity index is 2280. The van der Waals surface area contributed by atoms with Crippen LogP contribution in [0.1, 0.15) is 74.4 Å². The number of para-hydroxylation sites is 2. The molecule has 0 aromatic heterocycles. The molecule has 1 aliphatic carbocycles. The highest BCUT2D eigenvalue weighted by atomic mass is 15.2. The van der Waals surface area contributed by atoms with Gasteiger partial charge in [0.1, 0.15) is 0 Å². The second-order valence-electron chi connectivity index (χ2n) is 14.9. The summed E-state index contributed by atoms with van der Waals surface area (Å²) in [5, 5.41) is 6.30. The second-order valence-corrected chi connectivity index (χ2v) is 14.9. The Hall–Kier alpha value is -5.34. The minimum atomic E-state index is -0.112. The Morgan fingerprint density at radius 3 is 2.24 bits per heavy atom. The van der Waals surface area contributed by atoms with Gasteiger partial charge in [-0.2, -0.15) is 0 Å². The molecule has 1 atom stereocenters. The van der Waals surface area contributed by atoms with E-state index in [2.05, 4.69) is 190 Å². The lowest BCUT2D eigenvalue weighted by molar-refractivity contribution is 0.619. The molecule has 1 N–H and O–H groups in total. The van der Waals surface area contributed by atoms with Gasteiger partial charge < -0.3 is 10.2 Å². The Morgan fingerprint density at radius 1 is 0.680 bits per heavy atom. The van der Waals surface area contributed by atoms with E-state index in [-0.39, 0.29) is 5.41 Å². The summed E-state index contributed by atoms with van der Waals surface area (Å²) in [6, 6.07) is 45.3. The summed E-state index contributed by atoms with van der Waals surface area (Å²) in [7, 11) is 0. The van der Waals surface area contributed by atoms with E-state index < -0.39 is 0 Å². The van der Waals surface area contributed by atoms with Crippen molar-refractivity contribution >= 4 is 51.8 Å². The van der Waals surface area contributed by atoms with Crippen LogP contribution in [0.15, 0.2) is 127 Å². The predicted molar refractivity (Wildman–Crippen MR) is 217 cm³/mol. The van der Waals surface area contributed by atoms with Gasteiger partial charge in [-0.25, -0.2) is 0 Å². The van der Waals surface area contributed by atoms with Crippen LogP contribution >= 0.6 is 0 Å². The fourth-order valence-corrected chi connectivity index (χ4v) is 8.05. The molecule has 0 bridgehead atoms. The summed E-state index contributed by atoms with van der Waals surface area (Å²) in [5.74, 6) is 0.508. The van der Waals surface area contributed by atoms with Crippen LogP contribution in [0.3, 0.4) is 0 Å². The van der Waals surface area contributed by atoms with Crippen molar-refractivity contribution in [3.05, 3.63) is 161 Å². The third kappa shape index (κ3) is 5.73. The molecular formula is C48H46N2. The van der Waals surface area contributed by atoms with E-state index in [1.54, 1.807) is 0 Å². The van der Waals surface area contributed by atoms with Crippen LogP contribution in [0.25, 0.3) is 40.1 Å². The SMILES string of the molecule is CC(C)C=Cc1ccccc1Nc1ccc2c(c1)C(C)(C)c1cc(C=Cc3ccc(N4c5ccccc5CCC4C)c4ccccc34)ccc1-2. The number of nitrogens with zero attached hydrogens (tertiary/aromatic N) is 1. The smallest absolute Gasteiger partial charge is 0.0493 e. The summed E-state index contributed by atoms with van der Waals surface area (Å²) in [6.45, 7) is 11.5. The van der Waals surface area contributed by atoms with E-state index in [9.17, 15) is 0 Å². The molecule has 1 aliphatic heterocycles. The number of allylic oxidation sites excluding steroid dienone is 1. The molecule has 6 aromatic rings. The van der Waals surface area contributed by atoms with Gasteiger partial charge in [-0.3, -0.25) is 0 Å². The average molecular weight is 651 g/mol. The predicted octanol–water partition coefficient (Wildman–Crippen LogP) is 13.2. The molecule has 2 aliphatic rings. The second kappa shape index (κ2) is 12.8. The van der Waals surface area contributed by atoms with E-state index in [0.717, 1.165) is 24.2 Å². The van der Waals surface area contributed by atoms with Crippen molar-refractivity contribution in [2.45, 2.75) is 58.9 Å². The van der Waals surface area contributed by atoms with Crippen molar-refractivity contribution in [3.63, 3.8) is 0 Å². The van der Waals surface area contributed by atoms with E-state index in [1.165, 1.54) is 66.7 Å². The Balaban J connectivity index is 1.09. The third-order valence-corrected chi connectivity index (χ3v) is 10.8. The van der Waals surface area contributed by atoms with Crippen LogP contribution in [0.4, 0.5) is 22.7 Å². The van der Waals surface area contributed by atoms with Crippen LogP contribution in [-0.4, -0.2) is 6.04 Å². The zero-order chi connectivity index (χ0) is 34.4. The van der Waals surface area contributed by atoms with Crippen LogP contribution in [-0.2, 0) is 11.8 Å². The van der Waals surface area contributed by atoms with Crippen molar-refractivity contribution in [1.82, 2.24) is 0 Å². The third-order valence-electron chi connectivity index (χ3n) is 10.8. The van der Waals surface area contributed by atoms with Gasteiger partial charge in [0.05, 0.1) is 0 Å². The zero-order valence-electron chi connectivity index (χ0n) is 29.9. The molecule has 1 heterocycles. The molecule has 2 heteroatoms. The topological polar surface area (TPSA) is 15.3 Å². The van der Waals surface area contributed by atoms with Crippen LogP contribution < -0.4 is 10.2 Å². The van der Waals surface area contributed by atoms with Gasteiger partial charge in [-0.1, -0.05) is 143 Å². The van der Waals surface area contributed by atoms with Gasteiger partial charge in [0.15, 0.2) is 0 Å². The standard InChI is InChI=1S/C48H46N2/c1-32(2)18-22-36-12-6-10-16-45(36)49-38-26-28-41-40-27-21-34(30-43(40)48(4,5)44(41)31-38)20-24-35-25-29-47(42-15-9-8-14-39(35)42)50-33(3)19-23-37-13-7-11-17-46(37)50/h6-18,20-22,24-33,49H,19,23H2,1-5H3. The van der Waals surface area contributed by atoms with Crippen molar-refractivity contribution in [3.8, 4) is 11.1 Å². The molecule has 1 unspecified atom stereocenters. The fourth-order valence-electron chi connectivity index (χ4n) is 8.05. The Kier molecular flexibility index (Phi) is 8.19. The molecule has 0 amide bonds. The number of hydrogen-bond acceptors (Lipinski definition) is 2. The molecule has 0 spiro atoms. The maximum absolute atomic E-state index is 3.72.